The molecule has 0 radical (unpaired) electrons. The summed E-state index contributed by atoms with van der Waals surface area (Å²) in [7, 11) is -3.89. The van der Waals surface area contributed by atoms with Gasteiger partial charge < -0.3 is 5.32 Å². The van der Waals surface area contributed by atoms with E-state index in [-0.39, 0.29) is 26.5 Å². The molecule has 9 heteroatoms. The number of anilines is 2. The molecule has 0 aliphatic heterocycles. The fourth-order valence-corrected chi connectivity index (χ4v) is 3.66. The fourth-order valence-electron chi connectivity index (χ4n) is 2.22. The smallest absolute Gasteiger partial charge is 0.261 e. The van der Waals surface area contributed by atoms with E-state index >= 15 is 0 Å². The van der Waals surface area contributed by atoms with Gasteiger partial charge in [-0.1, -0.05) is 29.3 Å². The molecule has 2 N–H and O–H groups in total. The number of carbonyl (C=O) groups is 1. The Morgan fingerprint density at radius 2 is 1.63 bits per heavy atom. The third-order valence-electron chi connectivity index (χ3n) is 3.52. The van der Waals surface area contributed by atoms with Crippen molar-refractivity contribution in [3.8, 4) is 0 Å². The number of pyridine rings is 1. The molecule has 6 nitrogen and oxygen atoms in total. The fraction of sp³-hybridized carbons (Fsp3) is 0. The van der Waals surface area contributed by atoms with Crippen molar-refractivity contribution in [2.75, 3.05) is 10.0 Å². The number of rotatable bonds is 5. The Morgan fingerprint density at radius 3 is 2.33 bits per heavy atom. The minimum Gasteiger partial charge on any atom is -0.322 e. The second-order valence-electron chi connectivity index (χ2n) is 5.45. The van der Waals surface area contributed by atoms with E-state index in [1.54, 1.807) is 36.7 Å². The Kier molecular flexibility index (Phi) is 5.65. The molecule has 0 saturated carbocycles. The maximum absolute atomic E-state index is 12.5. The van der Waals surface area contributed by atoms with E-state index in [1.165, 1.54) is 30.3 Å². The van der Waals surface area contributed by atoms with Crippen molar-refractivity contribution in [1.82, 2.24) is 4.98 Å². The Hall–Kier alpha value is -2.61. The van der Waals surface area contributed by atoms with Gasteiger partial charge in [0.25, 0.3) is 15.9 Å². The van der Waals surface area contributed by atoms with Crippen LogP contribution >= 0.6 is 23.2 Å². The highest BCUT2D eigenvalue weighted by Gasteiger charge is 2.16. The minimum absolute atomic E-state index is 0.0384. The number of carbonyl (C=O) groups excluding carboxylic acids is 1. The van der Waals surface area contributed by atoms with Crippen LogP contribution in [0.15, 0.2) is 71.9 Å². The van der Waals surface area contributed by atoms with Crippen molar-refractivity contribution in [3.63, 3.8) is 0 Å². The number of sulfonamides is 1. The van der Waals surface area contributed by atoms with Crippen LogP contribution in [-0.2, 0) is 10.0 Å². The molecule has 3 aromatic rings. The van der Waals surface area contributed by atoms with Gasteiger partial charge >= 0.3 is 0 Å². The topological polar surface area (TPSA) is 88.2 Å². The first-order valence-corrected chi connectivity index (χ1v) is 9.88. The molecule has 1 aromatic heterocycles. The molecular formula is C18H13Cl2N3O3S. The first kappa shape index (κ1) is 19.2. The van der Waals surface area contributed by atoms with Crippen molar-refractivity contribution in [1.29, 1.82) is 0 Å². The summed E-state index contributed by atoms with van der Waals surface area (Å²) in [5, 5.41) is 3.09. The Bertz CT molecular complexity index is 1090. The van der Waals surface area contributed by atoms with E-state index in [0.717, 1.165) is 0 Å². The summed E-state index contributed by atoms with van der Waals surface area (Å²) in [6.45, 7) is 0. The molecule has 2 aromatic carbocycles. The predicted octanol–water partition coefficient (Wildman–Crippen LogP) is 4.44. The van der Waals surface area contributed by atoms with Gasteiger partial charge in [0.15, 0.2) is 0 Å². The first-order chi connectivity index (χ1) is 12.8. The Morgan fingerprint density at radius 1 is 0.889 bits per heavy atom. The van der Waals surface area contributed by atoms with Crippen LogP contribution in [0.5, 0.6) is 0 Å². The monoisotopic (exact) mass is 421 g/mol. The lowest BCUT2D eigenvalue weighted by Gasteiger charge is -2.10. The lowest BCUT2D eigenvalue weighted by molar-refractivity contribution is 0.102. The average molecular weight is 422 g/mol. The van der Waals surface area contributed by atoms with E-state index in [1.807, 2.05) is 0 Å². The molecule has 0 bridgehead atoms. The largest absolute Gasteiger partial charge is 0.322 e. The molecule has 1 amide bonds. The van der Waals surface area contributed by atoms with Gasteiger partial charge in [-0.2, -0.15) is 0 Å². The number of hydrogen-bond acceptors (Lipinski definition) is 4. The van der Waals surface area contributed by atoms with E-state index in [2.05, 4.69) is 15.0 Å². The van der Waals surface area contributed by atoms with Crippen LogP contribution in [0.4, 0.5) is 11.4 Å². The highest BCUT2D eigenvalue weighted by molar-refractivity contribution is 7.92. The molecule has 138 valence electrons. The van der Waals surface area contributed by atoms with Gasteiger partial charge in [0, 0.05) is 29.3 Å². The van der Waals surface area contributed by atoms with Crippen molar-refractivity contribution in [3.05, 3.63) is 82.6 Å². The maximum atomic E-state index is 12.5. The number of halogens is 2. The number of benzene rings is 2. The van der Waals surface area contributed by atoms with Gasteiger partial charge in [-0.25, -0.2) is 8.42 Å². The highest BCUT2D eigenvalue weighted by atomic mass is 35.5. The molecule has 0 aliphatic rings. The van der Waals surface area contributed by atoms with Gasteiger partial charge in [0.05, 0.1) is 14.9 Å². The standard InChI is InChI=1S/C18H13Cl2N3O3S/c19-16-5-4-15(11-17(16)20)27(25,26)23-14-3-1-2-12(10-14)18(24)22-13-6-8-21-9-7-13/h1-11,23H,(H,21,22,24). The quantitative estimate of drug-likeness (QED) is 0.636. The summed E-state index contributed by atoms with van der Waals surface area (Å²) in [4.78, 5) is 16.2. The molecule has 1 heterocycles. The van der Waals surface area contributed by atoms with Crippen LogP contribution in [0.2, 0.25) is 10.0 Å². The van der Waals surface area contributed by atoms with Gasteiger partial charge in [-0.15, -0.1) is 0 Å². The Labute approximate surface area is 166 Å². The normalized spacial score (nSPS) is 11.0. The van der Waals surface area contributed by atoms with Crippen molar-refractivity contribution < 1.29 is 13.2 Å². The first-order valence-electron chi connectivity index (χ1n) is 7.64. The minimum atomic E-state index is -3.89. The Balaban J connectivity index is 1.80. The van der Waals surface area contributed by atoms with Gasteiger partial charge in [-0.3, -0.25) is 14.5 Å². The molecule has 0 spiro atoms. The molecule has 0 fully saturated rings. The third-order valence-corrected chi connectivity index (χ3v) is 5.63. The zero-order valence-corrected chi connectivity index (χ0v) is 16.0. The zero-order chi connectivity index (χ0) is 19.4. The molecule has 0 atom stereocenters. The highest BCUT2D eigenvalue weighted by Crippen LogP contribution is 2.26. The van der Waals surface area contributed by atoms with Crippen LogP contribution in [0.25, 0.3) is 0 Å². The lowest BCUT2D eigenvalue weighted by Crippen LogP contribution is -2.15. The summed E-state index contributed by atoms with van der Waals surface area (Å²) < 4.78 is 27.5. The average Bonchev–Trinajstić information content (AvgIpc) is 2.64. The second-order valence-corrected chi connectivity index (χ2v) is 7.95. The van der Waals surface area contributed by atoms with Crippen molar-refractivity contribution in [2.24, 2.45) is 0 Å². The summed E-state index contributed by atoms with van der Waals surface area (Å²) >= 11 is 11.7. The number of hydrogen-bond donors (Lipinski definition) is 2. The number of aromatic nitrogens is 1. The number of nitrogens with zero attached hydrogens (tertiary/aromatic N) is 1. The lowest BCUT2D eigenvalue weighted by atomic mass is 10.2. The van der Waals surface area contributed by atoms with Crippen LogP contribution in [0.1, 0.15) is 10.4 Å². The molecule has 0 aliphatic carbocycles. The molecule has 3 rings (SSSR count). The third kappa shape index (κ3) is 4.77. The predicted molar refractivity (Wildman–Crippen MR) is 106 cm³/mol. The van der Waals surface area contributed by atoms with E-state index < -0.39 is 10.0 Å². The number of amides is 1. The second kappa shape index (κ2) is 7.96. The van der Waals surface area contributed by atoms with E-state index in [9.17, 15) is 13.2 Å². The van der Waals surface area contributed by atoms with Crippen molar-refractivity contribution in [2.45, 2.75) is 4.90 Å². The van der Waals surface area contributed by atoms with Crippen LogP contribution < -0.4 is 10.0 Å². The van der Waals surface area contributed by atoms with E-state index in [0.29, 0.717) is 11.3 Å². The van der Waals surface area contributed by atoms with Crippen LogP contribution in [-0.4, -0.2) is 19.3 Å². The van der Waals surface area contributed by atoms with Gasteiger partial charge in [0.2, 0.25) is 0 Å². The summed E-state index contributed by atoms with van der Waals surface area (Å²) in [6.07, 6.45) is 3.11. The molecule has 0 saturated heterocycles. The maximum Gasteiger partial charge on any atom is 0.261 e. The summed E-state index contributed by atoms with van der Waals surface area (Å²) in [5.41, 5.74) is 1.11. The van der Waals surface area contributed by atoms with Crippen LogP contribution in [0.3, 0.4) is 0 Å². The molecular weight excluding hydrogens is 409 g/mol. The summed E-state index contributed by atoms with van der Waals surface area (Å²) in [5.74, 6) is -0.378. The molecule has 27 heavy (non-hydrogen) atoms. The SMILES string of the molecule is O=C(Nc1ccncc1)c1cccc(NS(=O)(=O)c2ccc(Cl)c(Cl)c2)c1. The molecule has 0 unspecified atom stereocenters. The summed E-state index contributed by atoms with van der Waals surface area (Å²) in [6, 6.07) is 13.4. The van der Waals surface area contributed by atoms with Gasteiger partial charge in [0.1, 0.15) is 0 Å². The van der Waals surface area contributed by atoms with E-state index in [4.69, 9.17) is 23.2 Å². The zero-order valence-electron chi connectivity index (χ0n) is 13.7. The van der Waals surface area contributed by atoms with Crippen molar-refractivity contribution >= 4 is 50.5 Å². The number of nitrogens with one attached hydrogen (secondary N) is 2. The van der Waals surface area contributed by atoms with Crippen LogP contribution in [0, 0.1) is 0 Å². The van der Waals surface area contributed by atoms with Gasteiger partial charge in [-0.05, 0) is 48.5 Å².